The number of nitrogens with zero attached hydrogens (tertiary/aromatic N) is 1. The van der Waals surface area contributed by atoms with Gasteiger partial charge < -0.3 is 25.0 Å². The van der Waals surface area contributed by atoms with Crippen LogP contribution in [-0.2, 0) is 21.6 Å². The highest BCUT2D eigenvalue weighted by atomic mass is 79.9. The highest BCUT2D eigenvalue weighted by Gasteiger charge is 2.48. The first-order valence-corrected chi connectivity index (χ1v) is 11.5. The van der Waals surface area contributed by atoms with Gasteiger partial charge in [0, 0.05) is 17.9 Å². The Morgan fingerprint density at radius 1 is 1.46 bits per heavy atom. The van der Waals surface area contributed by atoms with E-state index in [1.54, 1.807) is 0 Å². The van der Waals surface area contributed by atoms with Crippen LogP contribution in [0, 0.1) is 5.92 Å². The molecule has 1 aliphatic heterocycles. The second kappa shape index (κ2) is 10.4. The average molecular weight is 504 g/mol. The minimum Gasteiger partial charge on any atom is -0.396 e. The lowest BCUT2D eigenvalue weighted by Crippen LogP contribution is -2.60. The zero-order valence-corrected chi connectivity index (χ0v) is 19.5. The Bertz CT molecular complexity index is 782. The van der Waals surface area contributed by atoms with Gasteiger partial charge in [0.05, 0.1) is 25.9 Å². The Morgan fingerprint density at radius 2 is 2.25 bits per heavy atom. The predicted octanol–water partition coefficient (Wildman–Crippen LogP) is 2.97. The lowest BCUT2D eigenvalue weighted by atomic mass is 9.79. The standard InChI is InChI=1S/C18H23BrN3O3PS2/c19-15-10-28-16(20-15)18(21-17(27)22-26)11-25-14(6-13(18)7-23)9-24-8-12-4-2-1-3-5-12/h1-5,10,13-14,23H,6-9,11,26H2,(H2,21,22,27)/t13-,14+,18-/m0/s1. The fourth-order valence-electron chi connectivity index (χ4n) is 3.31. The number of hydrogen-bond donors (Lipinski definition) is 3. The van der Waals surface area contributed by atoms with Crippen molar-refractivity contribution < 1.29 is 14.6 Å². The molecule has 0 bridgehead atoms. The fraction of sp³-hybridized carbons (Fsp3) is 0.444. The van der Waals surface area contributed by atoms with E-state index >= 15 is 0 Å². The van der Waals surface area contributed by atoms with Gasteiger partial charge >= 0.3 is 0 Å². The highest BCUT2D eigenvalue weighted by Crippen LogP contribution is 2.40. The maximum absolute atomic E-state index is 10.2. The van der Waals surface area contributed by atoms with Crippen LogP contribution in [0.3, 0.4) is 0 Å². The number of rotatable bonds is 7. The molecule has 1 aromatic carbocycles. The monoisotopic (exact) mass is 503 g/mol. The molecule has 4 atom stereocenters. The summed E-state index contributed by atoms with van der Waals surface area (Å²) in [5, 5.41) is 19.5. The molecule has 1 unspecified atom stereocenters. The molecule has 1 fully saturated rings. The van der Waals surface area contributed by atoms with Crippen molar-refractivity contribution in [3.63, 3.8) is 0 Å². The van der Waals surface area contributed by atoms with Crippen molar-refractivity contribution in [2.75, 3.05) is 19.8 Å². The van der Waals surface area contributed by atoms with Crippen LogP contribution in [-0.4, -0.2) is 41.1 Å². The Kier molecular flexibility index (Phi) is 8.17. The van der Waals surface area contributed by atoms with E-state index < -0.39 is 5.54 Å². The van der Waals surface area contributed by atoms with Crippen LogP contribution in [0.25, 0.3) is 0 Å². The third kappa shape index (κ3) is 5.27. The summed E-state index contributed by atoms with van der Waals surface area (Å²) in [4.78, 5) is 4.58. The Hall–Kier alpha value is -0.670. The summed E-state index contributed by atoms with van der Waals surface area (Å²) in [5.74, 6) is -0.124. The number of halogens is 1. The molecule has 0 aliphatic carbocycles. The van der Waals surface area contributed by atoms with Crippen molar-refractivity contribution in [3.05, 3.63) is 50.9 Å². The zero-order chi connectivity index (χ0) is 20.0. The van der Waals surface area contributed by atoms with E-state index in [1.807, 2.05) is 35.7 Å². The van der Waals surface area contributed by atoms with E-state index in [2.05, 4.69) is 40.7 Å². The number of hydrogen-bond acceptors (Lipinski definition) is 6. The second-order valence-corrected chi connectivity index (χ2v) is 8.96. The van der Waals surface area contributed by atoms with Gasteiger partial charge in [-0.25, -0.2) is 4.98 Å². The number of thiazole rings is 1. The van der Waals surface area contributed by atoms with E-state index in [0.29, 0.717) is 31.4 Å². The Morgan fingerprint density at radius 3 is 2.89 bits per heavy atom. The molecule has 0 saturated carbocycles. The first-order valence-electron chi connectivity index (χ1n) is 8.81. The summed E-state index contributed by atoms with van der Waals surface area (Å²) >= 11 is 10.2. The minimum atomic E-state index is -0.692. The summed E-state index contributed by atoms with van der Waals surface area (Å²) in [6.45, 7) is 1.33. The van der Waals surface area contributed by atoms with Crippen LogP contribution in [0.2, 0.25) is 0 Å². The Balaban J connectivity index is 1.68. The molecule has 1 saturated heterocycles. The fourth-order valence-corrected chi connectivity index (χ4v) is 5.04. The van der Waals surface area contributed by atoms with Crippen molar-refractivity contribution in [1.29, 1.82) is 0 Å². The third-order valence-electron chi connectivity index (χ3n) is 4.75. The highest BCUT2D eigenvalue weighted by molar-refractivity contribution is 9.10. The van der Waals surface area contributed by atoms with Gasteiger partial charge in [0.2, 0.25) is 0 Å². The van der Waals surface area contributed by atoms with Gasteiger partial charge in [-0.15, -0.1) is 11.3 Å². The van der Waals surface area contributed by atoms with Crippen LogP contribution in [0.5, 0.6) is 0 Å². The van der Waals surface area contributed by atoms with E-state index in [9.17, 15) is 5.11 Å². The summed E-state index contributed by atoms with van der Waals surface area (Å²) in [5.41, 5.74) is 0.430. The van der Waals surface area contributed by atoms with Gasteiger partial charge in [-0.3, -0.25) is 0 Å². The molecular formula is C18H23BrN3O3PS2. The van der Waals surface area contributed by atoms with E-state index in [1.165, 1.54) is 11.3 Å². The SMILES string of the molecule is OC[C@@H]1C[C@H](COCc2ccccc2)OC[C@@]1(NC(=S)NP)c1nc(Br)cs1. The maximum Gasteiger partial charge on any atom is 0.170 e. The van der Waals surface area contributed by atoms with Crippen LogP contribution in [0.4, 0.5) is 0 Å². The number of aromatic nitrogens is 1. The van der Waals surface area contributed by atoms with Crippen molar-refractivity contribution in [2.45, 2.75) is 24.7 Å². The van der Waals surface area contributed by atoms with Gasteiger partial charge in [-0.2, -0.15) is 0 Å². The average Bonchev–Trinajstić information content (AvgIpc) is 3.16. The molecule has 2 aromatic rings. The zero-order valence-electron chi connectivity index (χ0n) is 15.1. The van der Waals surface area contributed by atoms with Crippen LogP contribution < -0.4 is 10.4 Å². The largest absolute Gasteiger partial charge is 0.396 e. The molecule has 3 rings (SSSR count). The molecule has 1 aliphatic rings. The van der Waals surface area contributed by atoms with Crippen molar-refractivity contribution in [3.8, 4) is 0 Å². The lowest BCUT2D eigenvalue weighted by molar-refractivity contribution is -0.111. The molecule has 2 heterocycles. The minimum absolute atomic E-state index is 0.0117. The molecule has 1 aromatic heterocycles. The topological polar surface area (TPSA) is 75.6 Å². The molecule has 0 radical (unpaired) electrons. The molecule has 0 spiro atoms. The summed E-state index contributed by atoms with van der Waals surface area (Å²) in [6.07, 6.45) is 0.534. The van der Waals surface area contributed by atoms with Gasteiger partial charge in [0.25, 0.3) is 0 Å². The van der Waals surface area contributed by atoms with Crippen LogP contribution >= 0.6 is 48.9 Å². The molecule has 152 valence electrons. The first-order chi connectivity index (χ1) is 13.6. The van der Waals surface area contributed by atoms with E-state index in [4.69, 9.17) is 21.7 Å². The van der Waals surface area contributed by atoms with Gasteiger partial charge in [0.1, 0.15) is 15.1 Å². The molecular weight excluding hydrogens is 481 g/mol. The molecule has 3 N–H and O–H groups in total. The first kappa shape index (κ1) is 22.0. The summed E-state index contributed by atoms with van der Waals surface area (Å²) in [7, 11) is 2.38. The van der Waals surface area contributed by atoms with Crippen molar-refractivity contribution in [1.82, 2.24) is 15.4 Å². The molecule has 0 amide bonds. The smallest absolute Gasteiger partial charge is 0.170 e. The normalized spacial score (nSPS) is 24.7. The second-order valence-electron chi connectivity index (χ2n) is 6.59. The van der Waals surface area contributed by atoms with Crippen LogP contribution in [0.1, 0.15) is 17.0 Å². The number of nitrogens with one attached hydrogen (secondary N) is 2. The van der Waals surface area contributed by atoms with Crippen LogP contribution in [0.15, 0.2) is 40.3 Å². The number of aliphatic hydroxyl groups excluding tert-OH is 1. The number of aliphatic hydroxyl groups is 1. The summed E-state index contributed by atoms with van der Waals surface area (Å²) in [6, 6.07) is 10.0. The number of thiocarbonyl (C=S) groups is 1. The maximum atomic E-state index is 10.2. The quantitative estimate of drug-likeness (QED) is 0.396. The van der Waals surface area contributed by atoms with Gasteiger partial charge in [-0.1, -0.05) is 30.3 Å². The number of ether oxygens (including phenoxy) is 2. The molecule has 28 heavy (non-hydrogen) atoms. The van der Waals surface area contributed by atoms with Gasteiger partial charge in [0.15, 0.2) is 5.11 Å². The predicted molar refractivity (Wildman–Crippen MR) is 121 cm³/mol. The lowest BCUT2D eigenvalue weighted by Gasteiger charge is -2.45. The van der Waals surface area contributed by atoms with Crippen molar-refractivity contribution in [2.24, 2.45) is 5.92 Å². The van der Waals surface area contributed by atoms with E-state index in [0.717, 1.165) is 15.2 Å². The number of benzene rings is 1. The van der Waals surface area contributed by atoms with Gasteiger partial charge in [-0.05, 0) is 49.5 Å². The molecule has 10 heteroatoms. The Labute approximate surface area is 184 Å². The molecule has 6 nitrogen and oxygen atoms in total. The van der Waals surface area contributed by atoms with Crippen molar-refractivity contribution >= 4 is 54.0 Å². The van der Waals surface area contributed by atoms with E-state index in [-0.39, 0.29) is 18.6 Å². The summed E-state index contributed by atoms with van der Waals surface area (Å²) < 4.78 is 12.7. The third-order valence-corrected chi connectivity index (χ3v) is 7.20.